The molecule has 0 spiro atoms. The number of hydrogen-bond donors (Lipinski definition) is 1. The monoisotopic (exact) mass is 385 g/mol. The van der Waals surface area contributed by atoms with Crippen molar-refractivity contribution in [2.75, 3.05) is 0 Å². The Kier molecular flexibility index (Phi) is 5.20. The molecule has 0 fully saturated rings. The van der Waals surface area contributed by atoms with Crippen molar-refractivity contribution in [2.24, 2.45) is 0 Å². The Morgan fingerprint density at radius 1 is 0.966 bits per heavy atom. The lowest BCUT2D eigenvalue weighted by Crippen LogP contribution is -2.25. The smallest absolute Gasteiger partial charge is 0.270 e. The maximum absolute atomic E-state index is 14.3. The molecule has 1 amide bonds. The fourth-order valence-corrected chi connectivity index (χ4v) is 3.09. The summed E-state index contributed by atoms with van der Waals surface area (Å²) < 4.78 is 15.8. The van der Waals surface area contributed by atoms with Crippen molar-refractivity contribution in [2.45, 2.75) is 13.5 Å². The molecular weight excluding hydrogens is 365 g/mol. The highest BCUT2D eigenvalue weighted by atomic mass is 19.1. The van der Waals surface area contributed by atoms with Crippen molar-refractivity contribution in [3.63, 3.8) is 0 Å². The molecule has 1 N–H and O–H groups in total. The number of nitrogens with zero attached hydrogens (tertiary/aromatic N) is 2. The van der Waals surface area contributed by atoms with Crippen LogP contribution in [0.2, 0.25) is 0 Å². The van der Waals surface area contributed by atoms with Crippen LogP contribution in [0.4, 0.5) is 4.39 Å². The van der Waals surface area contributed by atoms with Gasteiger partial charge >= 0.3 is 0 Å². The number of amides is 1. The summed E-state index contributed by atoms with van der Waals surface area (Å²) in [6.45, 7) is 2.39. The number of carbonyl (C=O) groups is 1. The molecule has 29 heavy (non-hydrogen) atoms. The first-order valence-electron chi connectivity index (χ1n) is 9.36. The van der Waals surface area contributed by atoms with Gasteiger partial charge in [0.1, 0.15) is 11.5 Å². The lowest BCUT2D eigenvalue weighted by atomic mass is 10.1. The fourth-order valence-electron chi connectivity index (χ4n) is 3.09. The fraction of sp³-hybridized carbons (Fsp3) is 0.0833. The Labute approximate surface area is 168 Å². The Morgan fingerprint density at radius 2 is 1.66 bits per heavy atom. The third-order valence-corrected chi connectivity index (χ3v) is 4.67. The molecule has 0 bridgehead atoms. The number of hydrogen-bond acceptors (Lipinski definition) is 2. The molecule has 0 atom stereocenters. The molecule has 144 valence electrons. The van der Waals surface area contributed by atoms with Gasteiger partial charge in [0.05, 0.1) is 11.4 Å². The second-order valence-corrected chi connectivity index (χ2v) is 6.81. The predicted molar refractivity (Wildman–Crippen MR) is 111 cm³/mol. The van der Waals surface area contributed by atoms with E-state index in [2.05, 4.69) is 10.4 Å². The number of halogens is 1. The lowest BCUT2D eigenvalue weighted by molar-refractivity contribution is 0.0943. The van der Waals surface area contributed by atoms with Crippen LogP contribution >= 0.6 is 0 Å². The van der Waals surface area contributed by atoms with E-state index >= 15 is 0 Å². The number of aryl methyl sites for hydroxylation is 1. The van der Waals surface area contributed by atoms with Crippen molar-refractivity contribution in [3.05, 3.63) is 108 Å². The predicted octanol–water partition coefficient (Wildman–Crippen LogP) is 4.92. The van der Waals surface area contributed by atoms with Crippen LogP contribution in [0, 0.1) is 12.7 Å². The highest BCUT2D eigenvalue weighted by molar-refractivity contribution is 5.94. The molecule has 5 heteroatoms. The third kappa shape index (κ3) is 4.09. The molecule has 1 heterocycles. The summed E-state index contributed by atoms with van der Waals surface area (Å²) >= 11 is 0. The van der Waals surface area contributed by atoms with E-state index in [0.717, 1.165) is 16.8 Å². The molecule has 0 radical (unpaired) electrons. The quantitative estimate of drug-likeness (QED) is 0.530. The Balaban J connectivity index is 1.71. The Hall–Kier alpha value is -3.73. The average molecular weight is 385 g/mol. The van der Waals surface area contributed by atoms with Gasteiger partial charge in [-0.15, -0.1) is 0 Å². The highest BCUT2D eigenvalue weighted by Crippen LogP contribution is 2.24. The summed E-state index contributed by atoms with van der Waals surface area (Å²) in [5, 5.41) is 7.46. The molecule has 0 aliphatic carbocycles. The minimum Gasteiger partial charge on any atom is -0.347 e. The van der Waals surface area contributed by atoms with Crippen LogP contribution in [0.25, 0.3) is 16.9 Å². The van der Waals surface area contributed by atoms with E-state index in [-0.39, 0.29) is 11.7 Å². The van der Waals surface area contributed by atoms with E-state index in [4.69, 9.17) is 0 Å². The minimum atomic E-state index is -0.378. The molecule has 0 unspecified atom stereocenters. The molecule has 0 saturated heterocycles. The zero-order chi connectivity index (χ0) is 20.2. The van der Waals surface area contributed by atoms with Gasteiger partial charge in [0.25, 0.3) is 5.91 Å². The number of rotatable bonds is 5. The first kappa shape index (κ1) is 18.6. The van der Waals surface area contributed by atoms with E-state index in [9.17, 15) is 9.18 Å². The van der Waals surface area contributed by atoms with Crippen molar-refractivity contribution >= 4 is 5.91 Å². The second-order valence-electron chi connectivity index (χ2n) is 6.81. The van der Waals surface area contributed by atoms with Crippen molar-refractivity contribution in [1.82, 2.24) is 15.1 Å². The molecule has 0 saturated carbocycles. The Morgan fingerprint density at radius 3 is 2.38 bits per heavy atom. The normalized spacial score (nSPS) is 10.7. The van der Waals surface area contributed by atoms with Gasteiger partial charge in [-0.2, -0.15) is 5.10 Å². The van der Waals surface area contributed by atoms with E-state index < -0.39 is 0 Å². The van der Waals surface area contributed by atoms with Crippen molar-refractivity contribution in [1.29, 1.82) is 0 Å². The molecule has 4 nitrogen and oxygen atoms in total. The summed E-state index contributed by atoms with van der Waals surface area (Å²) in [7, 11) is 0. The van der Waals surface area contributed by atoms with E-state index in [1.165, 1.54) is 6.07 Å². The topological polar surface area (TPSA) is 46.9 Å². The minimum absolute atomic E-state index is 0.274. The second kappa shape index (κ2) is 8.10. The zero-order valence-electron chi connectivity index (χ0n) is 16.0. The van der Waals surface area contributed by atoms with Gasteiger partial charge in [0, 0.05) is 12.1 Å². The van der Waals surface area contributed by atoms with Crippen LogP contribution in [0.15, 0.2) is 84.9 Å². The maximum Gasteiger partial charge on any atom is 0.270 e. The first-order chi connectivity index (χ1) is 14.1. The van der Waals surface area contributed by atoms with Gasteiger partial charge in [-0.3, -0.25) is 4.79 Å². The van der Waals surface area contributed by atoms with Gasteiger partial charge in [-0.1, -0.05) is 60.2 Å². The van der Waals surface area contributed by atoms with Crippen molar-refractivity contribution < 1.29 is 9.18 Å². The Bertz CT molecular complexity index is 1130. The SMILES string of the molecule is Cc1ccc(-n2nc(-c3ccccc3F)cc2C(=O)NCc2ccccc2)cc1. The van der Waals surface area contributed by atoms with Crippen LogP contribution < -0.4 is 5.32 Å². The first-order valence-corrected chi connectivity index (χ1v) is 9.36. The van der Waals surface area contributed by atoms with Crippen LogP contribution in [0.5, 0.6) is 0 Å². The van der Waals surface area contributed by atoms with E-state index in [0.29, 0.717) is 23.5 Å². The van der Waals surface area contributed by atoms with Gasteiger partial charge in [-0.05, 0) is 42.8 Å². The van der Waals surface area contributed by atoms with E-state index in [1.54, 1.807) is 28.9 Å². The van der Waals surface area contributed by atoms with Gasteiger partial charge in [0.15, 0.2) is 0 Å². The van der Waals surface area contributed by atoms with Gasteiger partial charge in [-0.25, -0.2) is 9.07 Å². The molecular formula is C24H20FN3O. The van der Waals surface area contributed by atoms with Crippen LogP contribution in [-0.2, 0) is 6.54 Å². The summed E-state index contributed by atoms with van der Waals surface area (Å²) in [4.78, 5) is 12.9. The molecule has 0 aliphatic rings. The van der Waals surface area contributed by atoms with Crippen LogP contribution in [0.3, 0.4) is 0 Å². The summed E-state index contributed by atoms with van der Waals surface area (Å²) in [6, 6.07) is 25.4. The van der Waals surface area contributed by atoms with Gasteiger partial charge < -0.3 is 5.32 Å². The number of carbonyl (C=O) groups excluding carboxylic acids is 1. The summed E-state index contributed by atoms with van der Waals surface area (Å²) in [5.41, 5.74) is 3.96. The third-order valence-electron chi connectivity index (χ3n) is 4.67. The van der Waals surface area contributed by atoms with Crippen molar-refractivity contribution in [3.8, 4) is 16.9 Å². The van der Waals surface area contributed by atoms with E-state index in [1.807, 2.05) is 61.5 Å². The summed E-state index contributed by atoms with van der Waals surface area (Å²) in [5.74, 6) is -0.651. The van der Waals surface area contributed by atoms with Crippen LogP contribution in [0.1, 0.15) is 21.6 Å². The molecule has 4 aromatic rings. The highest BCUT2D eigenvalue weighted by Gasteiger charge is 2.19. The summed E-state index contributed by atoms with van der Waals surface area (Å²) in [6.07, 6.45) is 0. The maximum atomic E-state index is 14.3. The van der Waals surface area contributed by atoms with Crippen LogP contribution in [-0.4, -0.2) is 15.7 Å². The molecule has 4 rings (SSSR count). The molecule has 3 aromatic carbocycles. The van der Waals surface area contributed by atoms with Gasteiger partial charge in [0.2, 0.25) is 0 Å². The lowest BCUT2D eigenvalue weighted by Gasteiger charge is -2.09. The average Bonchev–Trinajstić information content (AvgIpc) is 3.19. The standard InChI is InChI=1S/C24H20FN3O/c1-17-11-13-19(14-12-17)28-23(24(29)26-16-18-7-3-2-4-8-18)15-22(27-28)20-9-5-6-10-21(20)25/h2-15H,16H2,1H3,(H,26,29). The largest absolute Gasteiger partial charge is 0.347 e. The zero-order valence-corrected chi connectivity index (χ0v) is 16.0. The number of nitrogens with one attached hydrogen (secondary N) is 1. The number of aromatic nitrogens is 2. The molecule has 1 aromatic heterocycles. The number of benzene rings is 3. The molecule has 0 aliphatic heterocycles.